The van der Waals surface area contributed by atoms with Gasteiger partial charge in [-0.25, -0.2) is 4.98 Å². The van der Waals surface area contributed by atoms with Crippen molar-refractivity contribution in [3.05, 3.63) is 18.2 Å². The second-order valence-electron chi connectivity index (χ2n) is 2.45. The number of rotatable bonds is 3. The first kappa shape index (κ1) is 7.32. The van der Waals surface area contributed by atoms with E-state index < -0.39 is 0 Å². The lowest BCUT2D eigenvalue weighted by atomic mass is 10.3. The van der Waals surface area contributed by atoms with E-state index in [0.29, 0.717) is 0 Å². The van der Waals surface area contributed by atoms with Crippen LogP contribution in [0.3, 0.4) is 0 Å². The van der Waals surface area contributed by atoms with Gasteiger partial charge in [0.1, 0.15) is 0 Å². The molecule has 0 amide bonds. The molecule has 10 heavy (non-hydrogen) atoms. The Kier molecular flexibility index (Phi) is 2.49. The van der Waals surface area contributed by atoms with Crippen LogP contribution in [-0.4, -0.2) is 9.55 Å². The highest BCUT2D eigenvalue weighted by Crippen LogP contribution is 1.98. The van der Waals surface area contributed by atoms with Crippen molar-refractivity contribution in [2.75, 3.05) is 0 Å². The molecule has 1 rings (SSSR count). The molecule has 0 fully saturated rings. The predicted molar refractivity (Wildman–Crippen MR) is 41.9 cm³/mol. The van der Waals surface area contributed by atoms with Crippen LogP contribution in [0.2, 0.25) is 0 Å². The third-order valence-corrected chi connectivity index (χ3v) is 1.56. The van der Waals surface area contributed by atoms with E-state index in [1.807, 2.05) is 6.33 Å². The average molecular weight is 138 g/mol. The molecule has 1 aromatic heterocycles. The first-order valence-corrected chi connectivity index (χ1v) is 3.87. The Morgan fingerprint density at radius 2 is 2.30 bits per heavy atom. The summed E-state index contributed by atoms with van der Waals surface area (Å²) >= 11 is 0. The molecule has 0 aliphatic heterocycles. The molecule has 0 unspecified atom stereocenters. The molecular weight excluding hydrogens is 124 g/mol. The van der Waals surface area contributed by atoms with Crippen LogP contribution in [-0.2, 0) is 13.0 Å². The Hall–Kier alpha value is -0.790. The van der Waals surface area contributed by atoms with Crippen LogP contribution in [0, 0.1) is 0 Å². The van der Waals surface area contributed by atoms with Gasteiger partial charge in [0.2, 0.25) is 0 Å². The van der Waals surface area contributed by atoms with E-state index in [9.17, 15) is 0 Å². The molecule has 0 spiro atoms. The first-order chi connectivity index (χ1) is 4.86. The largest absolute Gasteiger partial charge is 0.337 e. The summed E-state index contributed by atoms with van der Waals surface area (Å²) in [6.07, 6.45) is 6.29. The van der Waals surface area contributed by atoms with Crippen molar-refractivity contribution in [3.63, 3.8) is 0 Å². The summed E-state index contributed by atoms with van der Waals surface area (Å²) in [5, 5.41) is 0. The SMILES string of the molecule is CCCc1cn(CC)cn1. The van der Waals surface area contributed by atoms with Crippen molar-refractivity contribution >= 4 is 0 Å². The summed E-state index contributed by atoms with van der Waals surface area (Å²) in [7, 11) is 0. The minimum Gasteiger partial charge on any atom is -0.337 e. The van der Waals surface area contributed by atoms with Gasteiger partial charge in [0, 0.05) is 12.7 Å². The van der Waals surface area contributed by atoms with E-state index in [1.54, 1.807) is 0 Å². The second-order valence-corrected chi connectivity index (χ2v) is 2.45. The van der Waals surface area contributed by atoms with E-state index in [2.05, 4.69) is 29.6 Å². The third-order valence-electron chi connectivity index (χ3n) is 1.56. The van der Waals surface area contributed by atoms with Crippen molar-refractivity contribution < 1.29 is 0 Å². The third kappa shape index (κ3) is 1.59. The molecule has 0 radical (unpaired) electrons. The van der Waals surface area contributed by atoms with Gasteiger partial charge in [0.25, 0.3) is 0 Å². The molecule has 0 bridgehead atoms. The Morgan fingerprint density at radius 3 is 2.80 bits per heavy atom. The lowest BCUT2D eigenvalue weighted by Crippen LogP contribution is -1.87. The fourth-order valence-corrected chi connectivity index (χ4v) is 0.965. The minimum atomic E-state index is 1.02. The summed E-state index contributed by atoms with van der Waals surface area (Å²) in [4.78, 5) is 4.24. The van der Waals surface area contributed by atoms with Gasteiger partial charge in [-0.1, -0.05) is 13.3 Å². The smallest absolute Gasteiger partial charge is 0.0949 e. The normalized spacial score (nSPS) is 10.2. The molecule has 2 nitrogen and oxygen atoms in total. The van der Waals surface area contributed by atoms with Gasteiger partial charge in [-0.3, -0.25) is 0 Å². The summed E-state index contributed by atoms with van der Waals surface area (Å²) in [6.45, 7) is 5.32. The summed E-state index contributed by atoms with van der Waals surface area (Å²) in [5.41, 5.74) is 1.21. The highest BCUT2D eigenvalue weighted by molar-refractivity contribution is 4.96. The lowest BCUT2D eigenvalue weighted by molar-refractivity contribution is 0.759. The van der Waals surface area contributed by atoms with Gasteiger partial charge in [0.15, 0.2) is 0 Å². The molecule has 0 saturated carbocycles. The number of aromatic nitrogens is 2. The van der Waals surface area contributed by atoms with Gasteiger partial charge < -0.3 is 4.57 Å². The van der Waals surface area contributed by atoms with Crippen molar-refractivity contribution in [2.24, 2.45) is 0 Å². The highest BCUT2D eigenvalue weighted by Gasteiger charge is 1.93. The van der Waals surface area contributed by atoms with Crippen LogP contribution in [0.25, 0.3) is 0 Å². The molecule has 0 aliphatic carbocycles. The maximum absolute atomic E-state index is 4.24. The zero-order valence-electron chi connectivity index (χ0n) is 6.67. The summed E-state index contributed by atoms with van der Waals surface area (Å²) in [5.74, 6) is 0. The van der Waals surface area contributed by atoms with Crippen LogP contribution >= 0.6 is 0 Å². The molecule has 0 saturated heterocycles. The molecule has 0 aliphatic rings. The van der Waals surface area contributed by atoms with E-state index in [0.717, 1.165) is 13.0 Å². The van der Waals surface area contributed by atoms with Gasteiger partial charge >= 0.3 is 0 Å². The molecule has 2 heteroatoms. The zero-order valence-corrected chi connectivity index (χ0v) is 6.67. The van der Waals surface area contributed by atoms with E-state index >= 15 is 0 Å². The molecule has 0 aromatic carbocycles. The van der Waals surface area contributed by atoms with Crippen LogP contribution in [0.15, 0.2) is 12.5 Å². The van der Waals surface area contributed by atoms with Crippen molar-refractivity contribution in [3.8, 4) is 0 Å². The summed E-state index contributed by atoms with van der Waals surface area (Å²) in [6, 6.07) is 0. The number of hydrogen-bond acceptors (Lipinski definition) is 1. The molecular formula is C8H14N2. The van der Waals surface area contributed by atoms with Crippen molar-refractivity contribution in [2.45, 2.75) is 33.2 Å². The topological polar surface area (TPSA) is 17.8 Å². The predicted octanol–water partition coefficient (Wildman–Crippen LogP) is 1.86. The lowest BCUT2D eigenvalue weighted by Gasteiger charge is -1.90. The maximum Gasteiger partial charge on any atom is 0.0949 e. The van der Waals surface area contributed by atoms with E-state index in [-0.39, 0.29) is 0 Å². The second kappa shape index (κ2) is 3.40. The minimum absolute atomic E-state index is 1.02. The highest BCUT2D eigenvalue weighted by atomic mass is 15.0. The maximum atomic E-state index is 4.24. The Bertz CT molecular complexity index is 191. The summed E-state index contributed by atoms with van der Waals surface area (Å²) < 4.78 is 2.10. The van der Waals surface area contributed by atoms with E-state index in [4.69, 9.17) is 0 Å². The zero-order chi connectivity index (χ0) is 7.40. The monoisotopic (exact) mass is 138 g/mol. The van der Waals surface area contributed by atoms with Crippen LogP contribution in [0.5, 0.6) is 0 Å². The first-order valence-electron chi connectivity index (χ1n) is 3.87. The number of hydrogen-bond donors (Lipinski definition) is 0. The number of nitrogens with zero attached hydrogens (tertiary/aromatic N) is 2. The van der Waals surface area contributed by atoms with Gasteiger partial charge in [-0.15, -0.1) is 0 Å². The average Bonchev–Trinajstić information content (AvgIpc) is 2.37. The van der Waals surface area contributed by atoms with Gasteiger partial charge in [-0.05, 0) is 13.3 Å². The van der Waals surface area contributed by atoms with Crippen molar-refractivity contribution in [1.82, 2.24) is 9.55 Å². The molecule has 0 N–H and O–H groups in total. The van der Waals surface area contributed by atoms with Crippen LogP contribution in [0.1, 0.15) is 26.0 Å². The van der Waals surface area contributed by atoms with E-state index in [1.165, 1.54) is 12.1 Å². The fraction of sp³-hybridized carbons (Fsp3) is 0.625. The molecule has 56 valence electrons. The quantitative estimate of drug-likeness (QED) is 0.623. The molecule has 1 aromatic rings. The number of imidazole rings is 1. The Balaban J connectivity index is 2.59. The van der Waals surface area contributed by atoms with Crippen LogP contribution < -0.4 is 0 Å². The van der Waals surface area contributed by atoms with Gasteiger partial charge in [-0.2, -0.15) is 0 Å². The molecule has 1 heterocycles. The van der Waals surface area contributed by atoms with Crippen LogP contribution in [0.4, 0.5) is 0 Å². The van der Waals surface area contributed by atoms with Gasteiger partial charge in [0.05, 0.1) is 12.0 Å². The Labute approximate surface area is 61.9 Å². The van der Waals surface area contributed by atoms with Crippen molar-refractivity contribution in [1.29, 1.82) is 0 Å². The Morgan fingerprint density at radius 1 is 1.50 bits per heavy atom. The number of aryl methyl sites for hydroxylation is 2. The standard InChI is InChI=1S/C8H14N2/c1-3-5-8-6-10(4-2)7-9-8/h6-7H,3-5H2,1-2H3. The fourth-order valence-electron chi connectivity index (χ4n) is 0.965. The molecule has 0 atom stereocenters.